The van der Waals surface area contributed by atoms with Gasteiger partial charge in [0.2, 0.25) is 5.91 Å². The smallest absolute Gasteiger partial charge is 0.231 e. The molecule has 0 spiro atoms. The lowest BCUT2D eigenvalue weighted by molar-refractivity contribution is -0.133. The number of amides is 1. The van der Waals surface area contributed by atoms with Crippen LogP contribution in [0.1, 0.15) is 25.3 Å². The molecule has 38 heavy (non-hydrogen) atoms. The number of carbonyl (C=O) groups is 1. The number of pyridine rings is 1. The number of halogens is 1. The van der Waals surface area contributed by atoms with Crippen LogP contribution >= 0.6 is 11.6 Å². The van der Waals surface area contributed by atoms with Crippen LogP contribution in [0.25, 0.3) is 22.2 Å². The Labute approximate surface area is 228 Å². The Bertz CT molecular complexity index is 1390. The van der Waals surface area contributed by atoms with Crippen LogP contribution in [0, 0.1) is 0 Å². The maximum Gasteiger partial charge on any atom is 0.231 e. The zero-order chi connectivity index (χ0) is 26.6. The van der Waals surface area contributed by atoms with Crippen molar-refractivity contribution in [3.8, 4) is 16.9 Å². The van der Waals surface area contributed by atoms with Crippen molar-refractivity contribution in [1.82, 2.24) is 20.2 Å². The summed E-state index contributed by atoms with van der Waals surface area (Å²) in [7, 11) is 1.68. The molecule has 0 aliphatic carbocycles. The van der Waals surface area contributed by atoms with Crippen LogP contribution in [-0.2, 0) is 4.79 Å². The maximum atomic E-state index is 13.8. The molecule has 0 unspecified atom stereocenters. The van der Waals surface area contributed by atoms with E-state index in [1.54, 1.807) is 7.11 Å². The number of hydrogen-bond acceptors (Lipinski definition) is 5. The molecule has 198 valence electrons. The Morgan fingerprint density at radius 2 is 1.87 bits per heavy atom. The molecule has 8 heteroatoms. The monoisotopic (exact) mass is 531 g/mol. The van der Waals surface area contributed by atoms with Gasteiger partial charge in [-0.3, -0.25) is 4.79 Å². The van der Waals surface area contributed by atoms with Gasteiger partial charge < -0.3 is 24.8 Å². The van der Waals surface area contributed by atoms with E-state index in [0.29, 0.717) is 30.7 Å². The van der Waals surface area contributed by atoms with Gasteiger partial charge in [0.1, 0.15) is 11.4 Å². The van der Waals surface area contributed by atoms with Crippen LogP contribution in [-0.4, -0.2) is 66.7 Å². The minimum absolute atomic E-state index is 0.148. The van der Waals surface area contributed by atoms with Gasteiger partial charge in [-0.25, -0.2) is 4.98 Å². The Morgan fingerprint density at radius 3 is 2.58 bits per heavy atom. The fourth-order valence-electron chi connectivity index (χ4n) is 5.10. The van der Waals surface area contributed by atoms with Crippen molar-refractivity contribution >= 4 is 34.2 Å². The quantitative estimate of drug-likeness (QED) is 0.322. The molecule has 4 aromatic rings. The summed E-state index contributed by atoms with van der Waals surface area (Å²) in [6, 6.07) is 18.1. The van der Waals surface area contributed by atoms with Crippen molar-refractivity contribution in [1.29, 1.82) is 0 Å². The topological polar surface area (TPSA) is 73.5 Å². The average molecular weight is 532 g/mol. The number of nitrogens with zero attached hydrogens (tertiary/aromatic N) is 3. The number of nitrogens with one attached hydrogen (secondary N) is 2. The third kappa shape index (κ3) is 5.49. The molecule has 1 aliphatic rings. The first-order valence-corrected chi connectivity index (χ1v) is 13.5. The number of fused-ring (bicyclic) bond motifs is 1. The minimum atomic E-state index is -0.258. The third-order valence-electron chi connectivity index (χ3n) is 7.15. The Kier molecular flexibility index (Phi) is 7.86. The predicted octanol–water partition coefficient (Wildman–Crippen LogP) is 5.32. The molecule has 1 aliphatic heterocycles. The molecular formula is C30H34ClN5O2. The van der Waals surface area contributed by atoms with Crippen molar-refractivity contribution in [3.63, 3.8) is 0 Å². The van der Waals surface area contributed by atoms with Gasteiger partial charge in [-0.1, -0.05) is 49.7 Å². The van der Waals surface area contributed by atoms with Gasteiger partial charge in [-0.15, -0.1) is 0 Å². The summed E-state index contributed by atoms with van der Waals surface area (Å²) in [5.41, 5.74) is 5.07. The first-order valence-electron chi connectivity index (χ1n) is 13.1. The molecule has 1 saturated heterocycles. The molecule has 1 fully saturated rings. The number of hydrogen-bond donors (Lipinski definition) is 2. The zero-order valence-electron chi connectivity index (χ0n) is 22.1. The number of methoxy groups -OCH3 is 1. The molecule has 2 aromatic heterocycles. The summed E-state index contributed by atoms with van der Waals surface area (Å²) >= 11 is 6.12. The summed E-state index contributed by atoms with van der Waals surface area (Å²) < 4.78 is 5.48. The highest BCUT2D eigenvalue weighted by Crippen LogP contribution is 2.38. The third-order valence-corrected chi connectivity index (χ3v) is 7.40. The highest BCUT2D eigenvalue weighted by atomic mass is 35.5. The number of aromatic nitrogens is 2. The second-order valence-electron chi connectivity index (χ2n) is 9.97. The van der Waals surface area contributed by atoms with Gasteiger partial charge >= 0.3 is 0 Å². The van der Waals surface area contributed by atoms with E-state index in [1.165, 1.54) is 0 Å². The van der Waals surface area contributed by atoms with E-state index in [1.807, 2.05) is 59.8 Å². The second kappa shape index (κ2) is 11.5. The first-order chi connectivity index (χ1) is 18.4. The number of H-pyrrole nitrogens is 1. The lowest BCUT2D eigenvalue weighted by atomic mass is 9.96. The summed E-state index contributed by atoms with van der Waals surface area (Å²) in [4.78, 5) is 26.1. The van der Waals surface area contributed by atoms with E-state index in [2.05, 4.69) is 46.2 Å². The molecule has 0 bridgehead atoms. The summed E-state index contributed by atoms with van der Waals surface area (Å²) in [6.45, 7) is 7.55. The van der Waals surface area contributed by atoms with Crippen LogP contribution in [0.2, 0.25) is 5.02 Å². The predicted molar refractivity (Wildman–Crippen MR) is 154 cm³/mol. The van der Waals surface area contributed by atoms with E-state index in [-0.39, 0.29) is 11.8 Å². The first kappa shape index (κ1) is 26.1. The van der Waals surface area contributed by atoms with Crippen LogP contribution in [0.5, 0.6) is 5.75 Å². The summed E-state index contributed by atoms with van der Waals surface area (Å²) in [5, 5.41) is 5.20. The zero-order valence-corrected chi connectivity index (χ0v) is 22.8. The standard InChI is InChI=1S/C30H34ClN5O2/c1-20(2)33-19-27(21-7-9-23(31)10-8-21)30(37)36-15-13-35(14-16-36)28-25-11-12-32-29(25)34-18-26(28)22-5-4-6-24(17-22)38-3/h4-12,17-18,20,27,33H,13-16,19H2,1-3H3,(H,32,34)/t27-/m1/s1. The number of benzene rings is 2. The van der Waals surface area contributed by atoms with Crippen molar-refractivity contribution in [2.45, 2.75) is 25.8 Å². The van der Waals surface area contributed by atoms with E-state index in [0.717, 1.165) is 52.3 Å². The SMILES string of the molecule is COc1cccc(-c2cnc3[nH]ccc3c2N2CCN(C(=O)[C@H](CNC(C)C)c3ccc(Cl)cc3)CC2)c1. The van der Waals surface area contributed by atoms with Crippen LogP contribution in [0.4, 0.5) is 5.69 Å². The minimum Gasteiger partial charge on any atom is -0.497 e. The molecule has 1 amide bonds. The molecule has 0 radical (unpaired) electrons. The molecule has 0 saturated carbocycles. The fourth-order valence-corrected chi connectivity index (χ4v) is 5.23. The van der Waals surface area contributed by atoms with Gasteiger partial charge in [0.15, 0.2) is 0 Å². The molecule has 2 aromatic carbocycles. The van der Waals surface area contributed by atoms with Crippen LogP contribution in [0.3, 0.4) is 0 Å². The molecule has 5 rings (SSSR count). The number of anilines is 1. The molecular weight excluding hydrogens is 498 g/mol. The van der Waals surface area contributed by atoms with Crippen LogP contribution in [0.15, 0.2) is 67.0 Å². The van der Waals surface area contributed by atoms with Gasteiger partial charge in [-0.2, -0.15) is 0 Å². The number of ether oxygens (including phenoxy) is 1. The van der Waals surface area contributed by atoms with Crippen LogP contribution < -0.4 is 15.0 Å². The van der Waals surface area contributed by atoms with Gasteiger partial charge in [0.05, 0.1) is 18.7 Å². The van der Waals surface area contributed by atoms with E-state index >= 15 is 0 Å². The van der Waals surface area contributed by atoms with Crippen molar-refractivity contribution in [2.75, 3.05) is 44.7 Å². The van der Waals surface area contributed by atoms with Gasteiger partial charge in [0, 0.05) is 67.1 Å². The van der Waals surface area contributed by atoms with E-state index < -0.39 is 0 Å². The number of aromatic amines is 1. The van der Waals surface area contributed by atoms with Gasteiger partial charge in [0.25, 0.3) is 0 Å². The molecule has 3 heterocycles. The average Bonchev–Trinajstić information content (AvgIpc) is 3.42. The van der Waals surface area contributed by atoms with Crippen molar-refractivity contribution in [3.05, 3.63) is 77.6 Å². The highest BCUT2D eigenvalue weighted by molar-refractivity contribution is 6.30. The second-order valence-corrected chi connectivity index (χ2v) is 10.4. The maximum absolute atomic E-state index is 13.8. The normalized spacial score (nSPS) is 14.8. The van der Waals surface area contributed by atoms with Crippen molar-refractivity contribution in [2.24, 2.45) is 0 Å². The van der Waals surface area contributed by atoms with Crippen molar-refractivity contribution < 1.29 is 9.53 Å². The lowest BCUT2D eigenvalue weighted by Crippen LogP contribution is -2.51. The Hall–Kier alpha value is -3.55. The van der Waals surface area contributed by atoms with E-state index in [4.69, 9.17) is 16.3 Å². The Balaban J connectivity index is 1.39. The fraction of sp³-hybridized carbons (Fsp3) is 0.333. The molecule has 1 atom stereocenters. The van der Waals surface area contributed by atoms with Gasteiger partial charge in [-0.05, 0) is 41.5 Å². The van der Waals surface area contributed by atoms with E-state index in [9.17, 15) is 4.79 Å². The molecule has 2 N–H and O–H groups in total. The largest absolute Gasteiger partial charge is 0.497 e. The summed E-state index contributed by atoms with van der Waals surface area (Å²) in [5.74, 6) is 0.696. The number of carbonyl (C=O) groups excluding carboxylic acids is 1. The molecule has 7 nitrogen and oxygen atoms in total. The lowest BCUT2D eigenvalue weighted by Gasteiger charge is -2.38. The summed E-state index contributed by atoms with van der Waals surface area (Å²) in [6.07, 6.45) is 3.85. The Morgan fingerprint density at radius 1 is 1.11 bits per heavy atom. The highest BCUT2D eigenvalue weighted by Gasteiger charge is 2.30. The number of piperazine rings is 1. The number of rotatable bonds is 8.